The van der Waals surface area contributed by atoms with Gasteiger partial charge in [0.15, 0.2) is 0 Å². The lowest BCUT2D eigenvalue weighted by Crippen LogP contribution is -2.51. The number of hydrogen-bond donors (Lipinski definition) is 0. The van der Waals surface area contributed by atoms with E-state index < -0.39 is 0 Å². The van der Waals surface area contributed by atoms with Crippen molar-refractivity contribution >= 4 is 11.8 Å². The van der Waals surface area contributed by atoms with E-state index in [9.17, 15) is 9.59 Å². The van der Waals surface area contributed by atoms with Gasteiger partial charge in [0.05, 0.1) is 0 Å². The first-order valence-electron chi connectivity index (χ1n) is 7.71. The zero-order valence-corrected chi connectivity index (χ0v) is 12.8. The predicted octanol–water partition coefficient (Wildman–Crippen LogP) is 2.00. The van der Waals surface area contributed by atoms with Crippen LogP contribution in [-0.2, 0) is 4.79 Å². The van der Waals surface area contributed by atoms with Crippen molar-refractivity contribution < 1.29 is 9.59 Å². The summed E-state index contributed by atoms with van der Waals surface area (Å²) < 4.78 is 0. The van der Waals surface area contributed by atoms with Crippen molar-refractivity contribution in [2.75, 3.05) is 26.2 Å². The van der Waals surface area contributed by atoms with Crippen molar-refractivity contribution in [1.82, 2.24) is 9.80 Å². The molecule has 112 valence electrons. The first-order chi connectivity index (χ1) is 10.1. The summed E-state index contributed by atoms with van der Waals surface area (Å²) in [6.45, 7) is 6.61. The lowest BCUT2D eigenvalue weighted by atomic mass is 10.0. The maximum Gasteiger partial charge on any atom is 0.254 e. The van der Waals surface area contributed by atoms with E-state index in [0.29, 0.717) is 26.2 Å². The van der Waals surface area contributed by atoms with E-state index >= 15 is 0 Å². The van der Waals surface area contributed by atoms with Gasteiger partial charge in [-0.1, -0.05) is 17.7 Å². The molecule has 0 radical (unpaired) electrons. The highest BCUT2D eigenvalue weighted by molar-refractivity contribution is 5.96. The van der Waals surface area contributed by atoms with E-state index in [-0.39, 0.29) is 17.7 Å². The summed E-state index contributed by atoms with van der Waals surface area (Å²) in [5, 5.41) is 0. The molecule has 0 aromatic heterocycles. The number of carbonyl (C=O) groups excluding carboxylic acids is 2. The number of rotatable bonds is 2. The number of benzene rings is 1. The summed E-state index contributed by atoms with van der Waals surface area (Å²) in [4.78, 5) is 28.4. The first-order valence-corrected chi connectivity index (χ1v) is 7.71. The summed E-state index contributed by atoms with van der Waals surface area (Å²) in [5.74, 6) is 0.648. The Hall–Kier alpha value is -1.84. The fraction of sp³-hybridized carbons (Fsp3) is 0.529. The van der Waals surface area contributed by atoms with Gasteiger partial charge in [0.2, 0.25) is 5.91 Å². The summed E-state index contributed by atoms with van der Waals surface area (Å²) in [6, 6.07) is 5.98. The minimum atomic E-state index is 0.0923. The van der Waals surface area contributed by atoms with Crippen LogP contribution < -0.4 is 0 Å². The van der Waals surface area contributed by atoms with Gasteiger partial charge in [-0.25, -0.2) is 0 Å². The van der Waals surface area contributed by atoms with Crippen LogP contribution in [0.15, 0.2) is 18.2 Å². The second-order valence-electron chi connectivity index (χ2n) is 6.21. The van der Waals surface area contributed by atoms with Crippen LogP contribution in [0.4, 0.5) is 0 Å². The molecule has 3 rings (SSSR count). The van der Waals surface area contributed by atoms with Crippen LogP contribution in [0.5, 0.6) is 0 Å². The van der Waals surface area contributed by atoms with Crippen molar-refractivity contribution in [3.05, 3.63) is 34.9 Å². The maximum atomic E-state index is 12.6. The van der Waals surface area contributed by atoms with E-state index in [1.807, 2.05) is 41.8 Å². The molecule has 0 N–H and O–H groups in total. The molecule has 1 saturated heterocycles. The summed E-state index contributed by atoms with van der Waals surface area (Å²) in [7, 11) is 0. The molecule has 4 heteroatoms. The van der Waals surface area contributed by atoms with Crippen LogP contribution >= 0.6 is 0 Å². The van der Waals surface area contributed by atoms with Gasteiger partial charge in [-0.3, -0.25) is 9.59 Å². The summed E-state index contributed by atoms with van der Waals surface area (Å²) in [5.41, 5.74) is 2.91. The van der Waals surface area contributed by atoms with Crippen LogP contribution in [0, 0.1) is 19.8 Å². The molecule has 1 heterocycles. The smallest absolute Gasteiger partial charge is 0.254 e. The largest absolute Gasteiger partial charge is 0.339 e. The van der Waals surface area contributed by atoms with Gasteiger partial charge >= 0.3 is 0 Å². The van der Waals surface area contributed by atoms with Crippen molar-refractivity contribution in [3.63, 3.8) is 0 Å². The number of aryl methyl sites for hydroxylation is 2. The highest BCUT2D eigenvalue weighted by Crippen LogP contribution is 2.31. The molecule has 1 aromatic carbocycles. The lowest BCUT2D eigenvalue weighted by Gasteiger charge is -2.35. The van der Waals surface area contributed by atoms with Crippen LogP contribution in [-0.4, -0.2) is 47.8 Å². The van der Waals surface area contributed by atoms with E-state index in [2.05, 4.69) is 0 Å². The van der Waals surface area contributed by atoms with E-state index in [4.69, 9.17) is 0 Å². The Bertz CT molecular complexity index is 570. The third-order valence-corrected chi connectivity index (χ3v) is 4.43. The molecule has 0 unspecified atom stereocenters. The molecular weight excluding hydrogens is 264 g/mol. The van der Waals surface area contributed by atoms with Crippen LogP contribution in [0.3, 0.4) is 0 Å². The first kappa shape index (κ1) is 14.1. The molecule has 1 aromatic rings. The lowest BCUT2D eigenvalue weighted by molar-refractivity contribution is -0.134. The number of amides is 2. The van der Waals surface area contributed by atoms with Crippen molar-refractivity contribution in [1.29, 1.82) is 0 Å². The van der Waals surface area contributed by atoms with Crippen LogP contribution in [0.25, 0.3) is 0 Å². The van der Waals surface area contributed by atoms with Crippen LogP contribution in [0.1, 0.15) is 34.3 Å². The molecule has 1 aliphatic carbocycles. The fourth-order valence-corrected chi connectivity index (χ4v) is 2.86. The zero-order chi connectivity index (χ0) is 15.0. The Balaban J connectivity index is 1.64. The minimum absolute atomic E-state index is 0.0923. The quantitative estimate of drug-likeness (QED) is 0.834. The Morgan fingerprint density at radius 2 is 1.62 bits per heavy atom. The minimum Gasteiger partial charge on any atom is -0.339 e. The van der Waals surface area contributed by atoms with E-state index in [1.54, 1.807) is 0 Å². The molecule has 1 saturated carbocycles. The Labute approximate surface area is 125 Å². The van der Waals surface area contributed by atoms with Gasteiger partial charge in [0, 0.05) is 37.7 Å². The number of carbonyl (C=O) groups is 2. The molecule has 2 aliphatic rings. The van der Waals surface area contributed by atoms with Crippen molar-refractivity contribution in [2.45, 2.75) is 26.7 Å². The molecule has 0 spiro atoms. The molecule has 2 amide bonds. The highest BCUT2D eigenvalue weighted by Gasteiger charge is 2.35. The molecule has 1 aliphatic heterocycles. The van der Waals surface area contributed by atoms with Gasteiger partial charge in [-0.15, -0.1) is 0 Å². The average Bonchev–Trinajstić information content (AvgIpc) is 3.33. The molecule has 0 bridgehead atoms. The normalized spacial score (nSPS) is 18.8. The van der Waals surface area contributed by atoms with Gasteiger partial charge < -0.3 is 9.80 Å². The number of nitrogens with zero attached hydrogens (tertiary/aromatic N) is 2. The van der Waals surface area contributed by atoms with Crippen molar-refractivity contribution in [2.24, 2.45) is 5.92 Å². The van der Waals surface area contributed by atoms with Gasteiger partial charge in [0.1, 0.15) is 0 Å². The molecule has 21 heavy (non-hydrogen) atoms. The molecule has 4 nitrogen and oxygen atoms in total. The highest BCUT2D eigenvalue weighted by atomic mass is 16.2. The standard InChI is InChI=1S/C17H22N2O2/c1-12-3-4-13(2)15(11-12)17(21)19-9-7-18(8-10-19)16(20)14-5-6-14/h3-4,11,14H,5-10H2,1-2H3. The zero-order valence-electron chi connectivity index (χ0n) is 12.8. The molecule has 0 atom stereocenters. The Morgan fingerprint density at radius 3 is 2.24 bits per heavy atom. The predicted molar refractivity (Wildman–Crippen MR) is 81.1 cm³/mol. The van der Waals surface area contributed by atoms with E-state index in [1.165, 1.54) is 0 Å². The maximum absolute atomic E-state index is 12.6. The van der Waals surface area contributed by atoms with Gasteiger partial charge in [-0.05, 0) is 38.3 Å². The molecular formula is C17H22N2O2. The topological polar surface area (TPSA) is 40.6 Å². The monoisotopic (exact) mass is 286 g/mol. The van der Waals surface area contributed by atoms with Gasteiger partial charge in [0.25, 0.3) is 5.91 Å². The third-order valence-electron chi connectivity index (χ3n) is 4.43. The SMILES string of the molecule is Cc1ccc(C)c(C(=O)N2CCN(C(=O)C3CC3)CC2)c1. The Kier molecular flexibility index (Phi) is 3.70. The number of piperazine rings is 1. The van der Waals surface area contributed by atoms with Gasteiger partial charge in [-0.2, -0.15) is 0 Å². The second kappa shape index (κ2) is 5.51. The van der Waals surface area contributed by atoms with E-state index in [0.717, 1.165) is 29.5 Å². The summed E-state index contributed by atoms with van der Waals surface area (Å²) >= 11 is 0. The van der Waals surface area contributed by atoms with Crippen LogP contribution in [0.2, 0.25) is 0 Å². The number of hydrogen-bond acceptors (Lipinski definition) is 2. The molecule has 2 fully saturated rings. The Morgan fingerprint density at radius 1 is 1.00 bits per heavy atom. The summed E-state index contributed by atoms with van der Waals surface area (Å²) in [6.07, 6.45) is 2.08. The third kappa shape index (κ3) is 2.94. The van der Waals surface area contributed by atoms with Crippen molar-refractivity contribution in [3.8, 4) is 0 Å². The fourth-order valence-electron chi connectivity index (χ4n) is 2.86. The second-order valence-corrected chi connectivity index (χ2v) is 6.21. The average molecular weight is 286 g/mol.